The minimum Gasteiger partial charge on any atom is -0.218 e. The van der Waals surface area contributed by atoms with Crippen molar-refractivity contribution in [2.45, 2.75) is 43.5 Å². The Morgan fingerprint density at radius 3 is 0.600 bits per heavy atom. The molecule has 0 aliphatic heterocycles. The first-order valence-electron chi connectivity index (χ1n) is 11.2. The molecule has 2 aromatic carbocycles. The monoisotopic (exact) mass is 848 g/mol. The topological polar surface area (TPSA) is 137 Å². The number of hydrogen-bond donors (Lipinski definition) is 0. The molecule has 0 saturated heterocycles. The van der Waals surface area contributed by atoms with Gasteiger partial charge in [0.2, 0.25) is 9.16 Å². The van der Waals surface area contributed by atoms with E-state index in [1.165, 1.54) is 0 Å². The van der Waals surface area contributed by atoms with Crippen LogP contribution >= 0.6 is 0 Å². The number of rotatable bonds is 6. The third-order valence-electron chi connectivity index (χ3n) is 5.44. The van der Waals surface area contributed by atoms with E-state index in [-0.39, 0.29) is 48.5 Å². The Bertz CT molecular complexity index is 1720. The highest BCUT2D eigenvalue weighted by Gasteiger charge is 2.64. The molecule has 0 fully saturated rings. The summed E-state index contributed by atoms with van der Waals surface area (Å²) in [4.78, 5) is 0. The largest absolute Gasteiger partial charge is 0.499 e. The van der Waals surface area contributed by atoms with E-state index in [0.29, 0.717) is 0 Å². The Morgan fingerprint density at radius 2 is 0.480 bits per heavy atom. The lowest BCUT2D eigenvalue weighted by atomic mass is 10.1. The van der Waals surface area contributed by atoms with Crippen LogP contribution in [0.15, 0.2) is 48.5 Å². The van der Waals surface area contributed by atoms with Crippen LogP contribution in [0.5, 0.6) is 0 Å². The third kappa shape index (κ3) is 9.25. The van der Waals surface area contributed by atoms with Crippen molar-refractivity contribution in [3.63, 3.8) is 0 Å². The molecular weight excluding hydrogens is 838 g/mol. The van der Waals surface area contributed by atoms with Crippen LogP contribution < -0.4 is 0 Å². The van der Waals surface area contributed by atoms with Crippen LogP contribution in [0.4, 0.5) is 79.0 Å². The molecule has 0 aromatic heterocycles. The molecule has 2 rings (SSSR count). The lowest BCUT2D eigenvalue weighted by Crippen LogP contribution is -2.39. The zero-order valence-corrected chi connectivity index (χ0v) is 25.7. The van der Waals surface area contributed by atoms with Crippen LogP contribution in [0.1, 0.15) is 31.4 Å². The fourth-order valence-electron chi connectivity index (χ4n) is 3.19. The van der Waals surface area contributed by atoms with Gasteiger partial charge in [0.25, 0.3) is 39.3 Å². The maximum Gasteiger partial charge on any atom is 0.499 e. The molecule has 0 amide bonds. The van der Waals surface area contributed by atoms with Gasteiger partial charge in [-0.1, -0.05) is 24.3 Å². The Labute approximate surface area is 266 Å². The first kappa shape index (κ1) is 45.0. The molecule has 0 heterocycles. The molecule has 0 unspecified atom stereocenters. The third-order valence-corrected chi connectivity index (χ3v) is 14.4. The first-order valence-corrected chi connectivity index (χ1v) is 17.4. The zero-order chi connectivity index (χ0) is 40.1. The minimum atomic E-state index is -6.97. The summed E-state index contributed by atoms with van der Waals surface area (Å²) in [6, 6.07) is -0.499. The molecule has 8 nitrogen and oxygen atoms in total. The Morgan fingerprint density at radius 1 is 0.320 bits per heavy atom. The maximum absolute atomic E-state index is 12.6. The molecule has 0 radical (unpaired) electrons. The van der Waals surface area contributed by atoms with Gasteiger partial charge in [-0.15, -0.1) is 0 Å². The van der Waals surface area contributed by atoms with Crippen molar-refractivity contribution in [3.05, 3.63) is 70.8 Å². The van der Waals surface area contributed by atoms with Crippen molar-refractivity contribution in [3.8, 4) is 0 Å². The highest BCUT2D eigenvalue weighted by atomic mass is 32.3. The van der Waals surface area contributed by atoms with E-state index in [1.54, 1.807) is 0 Å². The molecular formula is C20H10F18O8S4. The van der Waals surface area contributed by atoms with Crippen molar-refractivity contribution in [1.82, 2.24) is 0 Å². The van der Waals surface area contributed by atoms with Crippen LogP contribution in [-0.4, -0.2) is 55.7 Å². The van der Waals surface area contributed by atoms with Gasteiger partial charge in [-0.25, -0.2) is 33.7 Å². The fraction of sp³-hybridized carbons (Fsp3) is 0.400. The average Bonchev–Trinajstić information content (AvgIpc) is 2.85. The Hall–Kier alpha value is -3.02. The second-order valence-corrected chi connectivity index (χ2v) is 17.6. The van der Waals surface area contributed by atoms with Crippen molar-refractivity contribution < 1.29 is 113 Å². The van der Waals surface area contributed by atoms with Gasteiger partial charge < -0.3 is 0 Å². The van der Waals surface area contributed by atoms with Gasteiger partial charge in [0, 0.05) is 0 Å². The van der Waals surface area contributed by atoms with Crippen molar-refractivity contribution in [2.75, 3.05) is 0 Å². The number of hydrogen-bond acceptors (Lipinski definition) is 8. The van der Waals surface area contributed by atoms with Gasteiger partial charge in [0.1, 0.15) is 0 Å². The van der Waals surface area contributed by atoms with Crippen LogP contribution in [0.3, 0.4) is 0 Å². The molecule has 288 valence electrons. The van der Waals surface area contributed by atoms with Gasteiger partial charge >= 0.3 is 34.4 Å². The SMILES string of the molecule is O=S(=O)(C(c1ccc(C(F)(F)F)cc1)S(=O)(=O)C(F)(F)F)C(F)(F)F.O=S(=O)(C(c1ccc(C(F)(F)F)cc1)S(=O)(=O)C(F)(F)F)C(F)(F)F. The standard InChI is InChI=1S/2C10H5F9O4S2/c2*11-8(12,13)6-3-1-5(2-4-6)7(24(20,21)9(14,15)16)25(22,23)10(17,18)19/h2*1-4,7H. The number of sulfone groups is 4. The molecule has 30 heteroatoms. The summed E-state index contributed by atoms with van der Waals surface area (Å²) in [5.41, 5.74) is -32.0. The van der Waals surface area contributed by atoms with Crippen molar-refractivity contribution in [2.24, 2.45) is 0 Å². The second kappa shape index (κ2) is 13.5. The molecule has 0 N–H and O–H groups in total. The first-order chi connectivity index (χ1) is 21.7. The predicted molar refractivity (Wildman–Crippen MR) is 128 cm³/mol. The second-order valence-electron chi connectivity index (χ2n) is 8.87. The van der Waals surface area contributed by atoms with Crippen molar-refractivity contribution >= 4 is 39.3 Å². The number of halogens is 18. The van der Waals surface area contributed by atoms with Crippen LogP contribution in [0.25, 0.3) is 0 Å². The van der Waals surface area contributed by atoms with E-state index >= 15 is 0 Å². The molecule has 0 spiro atoms. The molecule has 0 bridgehead atoms. The van der Waals surface area contributed by atoms with E-state index in [1.807, 2.05) is 0 Å². The average molecular weight is 849 g/mol. The summed E-state index contributed by atoms with van der Waals surface area (Å²) in [7, 11) is -27.9. The smallest absolute Gasteiger partial charge is 0.218 e. The van der Waals surface area contributed by atoms with E-state index < -0.39 is 105 Å². The van der Waals surface area contributed by atoms with E-state index in [4.69, 9.17) is 0 Å². The highest BCUT2D eigenvalue weighted by Crippen LogP contribution is 2.47. The number of benzene rings is 2. The van der Waals surface area contributed by atoms with Gasteiger partial charge in [-0.05, 0) is 35.4 Å². The summed E-state index contributed by atoms with van der Waals surface area (Å²) in [5.74, 6) is 0. The van der Waals surface area contributed by atoms with Gasteiger partial charge in [-0.2, -0.15) is 79.0 Å². The molecule has 0 aliphatic carbocycles. The fourth-order valence-corrected chi connectivity index (χ4v) is 10.2. The highest BCUT2D eigenvalue weighted by molar-refractivity contribution is 8.09. The van der Waals surface area contributed by atoms with Gasteiger partial charge in [0.15, 0.2) is 0 Å². The lowest BCUT2D eigenvalue weighted by Gasteiger charge is -2.21. The molecule has 0 atom stereocenters. The molecule has 50 heavy (non-hydrogen) atoms. The normalized spacial score (nSPS) is 14.8. The maximum atomic E-state index is 12.6. The minimum absolute atomic E-state index is 0.0415. The van der Waals surface area contributed by atoms with Crippen LogP contribution in [0.2, 0.25) is 0 Å². The van der Waals surface area contributed by atoms with Gasteiger partial charge in [0.05, 0.1) is 11.1 Å². The summed E-state index contributed by atoms with van der Waals surface area (Å²) in [6.45, 7) is 0. The predicted octanol–water partition coefficient (Wildman–Crippen LogP) is 7.15. The van der Waals surface area contributed by atoms with Crippen LogP contribution in [0, 0.1) is 0 Å². The summed E-state index contributed by atoms with van der Waals surface area (Å²) < 4.78 is 307. The Balaban J connectivity index is 0.000000500. The van der Waals surface area contributed by atoms with Crippen molar-refractivity contribution in [1.29, 1.82) is 0 Å². The quantitative estimate of drug-likeness (QED) is 0.280. The summed E-state index contributed by atoms with van der Waals surface area (Å²) in [5, 5.41) is 0. The number of alkyl halides is 18. The van der Waals surface area contributed by atoms with E-state index in [9.17, 15) is 113 Å². The van der Waals surface area contributed by atoms with E-state index in [2.05, 4.69) is 0 Å². The Kier molecular flexibility index (Phi) is 12.2. The van der Waals surface area contributed by atoms with Gasteiger partial charge in [-0.3, -0.25) is 0 Å². The summed E-state index contributed by atoms with van der Waals surface area (Å²) in [6.07, 6.45) is -10.1. The zero-order valence-electron chi connectivity index (χ0n) is 22.5. The molecule has 2 aromatic rings. The lowest BCUT2D eigenvalue weighted by molar-refractivity contribution is -0.138. The van der Waals surface area contributed by atoms with Crippen LogP contribution in [-0.2, 0) is 51.7 Å². The molecule has 0 saturated carbocycles. The molecule has 0 aliphatic rings. The van der Waals surface area contributed by atoms with E-state index in [0.717, 1.165) is 0 Å². The summed E-state index contributed by atoms with van der Waals surface area (Å²) >= 11 is 0.